The van der Waals surface area contributed by atoms with Gasteiger partial charge in [0.15, 0.2) is 0 Å². The summed E-state index contributed by atoms with van der Waals surface area (Å²) >= 11 is 0. The van der Waals surface area contributed by atoms with E-state index in [0.717, 1.165) is 0 Å². The van der Waals surface area contributed by atoms with E-state index in [-0.39, 0.29) is 11.5 Å². The first-order chi connectivity index (χ1) is 6.93. The van der Waals surface area contributed by atoms with Gasteiger partial charge in [-0.2, -0.15) is 0 Å². The van der Waals surface area contributed by atoms with Gasteiger partial charge in [-0.15, -0.1) is 0 Å². The summed E-state index contributed by atoms with van der Waals surface area (Å²) in [6.45, 7) is 10.0. The summed E-state index contributed by atoms with van der Waals surface area (Å²) in [4.78, 5) is 4.24. The van der Waals surface area contributed by atoms with Crippen molar-refractivity contribution in [2.24, 2.45) is 16.1 Å². The van der Waals surface area contributed by atoms with Crippen LogP contribution >= 0.6 is 0 Å². The summed E-state index contributed by atoms with van der Waals surface area (Å²) in [6, 6.07) is 0. The molecule has 4 nitrogen and oxygen atoms in total. The van der Waals surface area contributed by atoms with Crippen molar-refractivity contribution in [2.45, 2.75) is 33.8 Å². The van der Waals surface area contributed by atoms with Crippen molar-refractivity contribution in [3.05, 3.63) is 0 Å². The van der Waals surface area contributed by atoms with Crippen LogP contribution in [0.3, 0.4) is 0 Å². The number of nitrogens with two attached hydrogens (primary N) is 1. The Kier molecular flexibility index (Phi) is 6.52. The van der Waals surface area contributed by atoms with Crippen molar-refractivity contribution in [1.29, 1.82) is 0 Å². The predicted molar refractivity (Wildman–Crippen MR) is 63.2 cm³/mol. The molecule has 0 saturated heterocycles. The summed E-state index contributed by atoms with van der Waals surface area (Å²) < 4.78 is 10.5. The van der Waals surface area contributed by atoms with Crippen molar-refractivity contribution in [3.63, 3.8) is 0 Å². The molecule has 0 aliphatic heterocycles. The van der Waals surface area contributed by atoms with Crippen LogP contribution in [0.2, 0.25) is 0 Å². The van der Waals surface area contributed by atoms with Crippen LogP contribution in [0.25, 0.3) is 0 Å². The second-order valence-electron chi connectivity index (χ2n) is 4.50. The lowest BCUT2D eigenvalue weighted by molar-refractivity contribution is 0.0351. The SMILES string of the molecule is CCOC(C(N)=NCCOC)C(C)(C)C. The minimum atomic E-state index is -0.126. The first-order valence-corrected chi connectivity index (χ1v) is 5.33. The molecule has 0 aromatic heterocycles. The Morgan fingerprint density at radius 2 is 2.00 bits per heavy atom. The molecule has 0 aliphatic carbocycles. The molecular formula is C11H24N2O2. The highest BCUT2D eigenvalue weighted by Crippen LogP contribution is 2.22. The highest BCUT2D eigenvalue weighted by atomic mass is 16.5. The molecule has 0 rings (SSSR count). The van der Waals surface area contributed by atoms with Crippen LogP contribution in [0.5, 0.6) is 0 Å². The minimum absolute atomic E-state index is 0.0311. The van der Waals surface area contributed by atoms with Gasteiger partial charge in [0, 0.05) is 13.7 Å². The van der Waals surface area contributed by atoms with Gasteiger partial charge in [-0.25, -0.2) is 0 Å². The van der Waals surface area contributed by atoms with E-state index in [2.05, 4.69) is 25.8 Å². The van der Waals surface area contributed by atoms with Gasteiger partial charge in [0.1, 0.15) is 11.9 Å². The third-order valence-electron chi connectivity index (χ3n) is 1.98. The van der Waals surface area contributed by atoms with E-state index in [1.807, 2.05) is 6.92 Å². The third-order valence-corrected chi connectivity index (χ3v) is 1.98. The Bertz CT molecular complexity index is 197. The third kappa shape index (κ3) is 5.74. The Labute approximate surface area is 92.9 Å². The van der Waals surface area contributed by atoms with E-state index in [9.17, 15) is 0 Å². The first kappa shape index (κ1) is 14.4. The Morgan fingerprint density at radius 1 is 1.40 bits per heavy atom. The monoisotopic (exact) mass is 216 g/mol. The van der Waals surface area contributed by atoms with Gasteiger partial charge in [-0.1, -0.05) is 20.8 Å². The van der Waals surface area contributed by atoms with Gasteiger partial charge in [0.2, 0.25) is 0 Å². The molecule has 0 bridgehead atoms. The number of amidine groups is 1. The molecule has 0 saturated carbocycles. The molecule has 0 aromatic rings. The van der Waals surface area contributed by atoms with Gasteiger partial charge in [0.05, 0.1) is 13.2 Å². The number of hydrogen-bond acceptors (Lipinski definition) is 3. The van der Waals surface area contributed by atoms with Crippen LogP contribution in [0, 0.1) is 5.41 Å². The van der Waals surface area contributed by atoms with Gasteiger partial charge in [-0.3, -0.25) is 4.99 Å². The molecular weight excluding hydrogens is 192 g/mol. The van der Waals surface area contributed by atoms with E-state index >= 15 is 0 Å². The maximum absolute atomic E-state index is 5.90. The Morgan fingerprint density at radius 3 is 2.40 bits per heavy atom. The van der Waals surface area contributed by atoms with Crippen LogP contribution in [0.15, 0.2) is 4.99 Å². The summed E-state index contributed by atoms with van der Waals surface area (Å²) in [5, 5.41) is 0. The zero-order valence-electron chi connectivity index (χ0n) is 10.5. The molecule has 0 fully saturated rings. The van der Waals surface area contributed by atoms with E-state index in [1.54, 1.807) is 7.11 Å². The fraction of sp³-hybridized carbons (Fsp3) is 0.909. The average molecular weight is 216 g/mol. The van der Waals surface area contributed by atoms with E-state index in [1.165, 1.54) is 0 Å². The zero-order chi connectivity index (χ0) is 11.9. The van der Waals surface area contributed by atoms with Gasteiger partial charge < -0.3 is 15.2 Å². The molecule has 0 amide bonds. The minimum Gasteiger partial charge on any atom is -0.385 e. The lowest BCUT2D eigenvalue weighted by atomic mass is 9.88. The predicted octanol–water partition coefficient (Wildman–Crippen LogP) is 1.44. The van der Waals surface area contributed by atoms with Crippen molar-refractivity contribution in [1.82, 2.24) is 0 Å². The van der Waals surface area contributed by atoms with Crippen LogP contribution in [0.1, 0.15) is 27.7 Å². The topological polar surface area (TPSA) is 56.8 Å². The zero-order valence-corrected chi connectivity index (χ0v) is 10.5. The quantitative estimate of drug-likeness (QED) is 0.415. The van der Waals surface area contributed by atoms with Crippen molar-refractivity contribution in [3.8, 4) is 0 Å². The van der Waals surface area contributed by atoms with Gasteiger partial charge in [-0.05, 0) is 12.3 Å². The highest BCUT2D eigenvalue weighted by molar-refractivity contribution is 5.85. The maximum atomic E-state index is 5.90. The summed E-state index contributed by atoms with van der Waals surface area (Å²) in [7, 11) is 1.65. The molecule has 1 unspecified atom stereocenters. The number of nitrogens with zero attached hydrogens (tertiary/aromatic N) is 1. The number of aliphatic imine (C=N–C) groups is 1. The molecule has 0 radical (unpaired) electrons. The second-order valence-corrected chi connectivity index (χ2v) is 4.50. The van der Waals surface area contributed by atoms with E-state index < -0.39 is 0 Å². The molecule has 4 heteroatoms. The van der Waals surface area contributed by atoms with Crippen LogP contribution in [-0.4, -0.2) is 38.8 Å². The normalized spacial score (nSPS) is 15.4. The maximum Gasteiger partial charge on any atom is 0.124 e. The number of hydrogen-bond donors (Lipinski definition) is 1. The summed E-state index contributed by atoms with van der Waals surface area (Å²) in [6.07, 6.45) is -0.126. The molecule has 0 spiro atoms. The molecule has 90 valence electrons. The van der Waals surface area contributed by atoms with Gasteiger partial charge >= 0.3 is 0 Å². The molecule has 2 N–H and O–H groups in total. The fourth-order valence-corrected chi connectivity index (χ4v) is 1.29. The largest absolute Gasteiger partial charge is 0.385 e. The lowest BCUT2D eigenvalue weighted by Crippen LogP contribution is -2.42. The van der Waals surface area contributed by atoms with E-state index in [0.29, 0.717) is 25.6 Å². The molecule has 0 aromatic carbocycles. The van der Waals surface area contributed by atoms with E-state index in [4.69, 9.17) is 15.2 Å². The van der Waals surface area contributed by atoms with Crippen LogP contribution < -0.4 is 5.73 Å². The highest BCUT2D eigenvalue weighted by Gasteiger charge is 2.28. The fourth-order valence-electron chi connectivity index (χ4n) is 1.29. The van der Waals surface area contributed by atoms with Crippen molar-refractivity contribution >= 4 is 5.84 Å². The Hall–Kier alpha value is -0.610. The summed E-state index contributed by atoms with van der Waals surface area (Å²) in [5.41, 5.74) is 5.87. The molecule has 1 atom stereocenters. The summed E-state index contributed by atoms with van der Waals surface area (Å²) in [5.74, 6) is 0.557. The first-order valence-electron chi connectivity index (χ1n) is 5.33. The smallest absolute Gasteiger partial charge is 0.124 e. The number of methoxy groups -OCH3 is 1. The van der Waals surface area contributed by atoms with Gasteiger partial charge in [0.25, 0.3) is 0 Å². The standard InChI is InChI=1S/C11H24N2O2/c1-6-15-9(11(2,3)4)10(12)13-7-8-14-5/h9H,6-8H2,1-5H3,(H2,12,13). The molecule has 0 heterocycles. The average Bonchev–Trinajstić information content (AvgIpc) is 2.12. The Balaban J connectivity index is 4.41. The van der Waals surface area contributed by atoms with Crippen molar-refractivity contribution < 1.29 is 9.47 Å². The number of ether oxygens (including phenoxy) is 2. The second kappa shape index (κ2) is 6.80. The van der Waals surface area contributed by atoms with Crippen LogP contribution in [-0.2, 0) is 9.47 Å². The van der Waals surface area contributed by atoms with Crippen LogP contribution in [0.4, 0.5) is 0 Å². The molecule has 15 heavy (non-hydrogen) atoms. The molecule has 0 aliphatic rings. The lowest BCUT2D eigenvalue weighted by Gasteiger charge is -2.29. The van der Waals surface area contributed by atoms with Crippen molar-refractivity contribution in [2.75, 3.05) is 26.9 Å². The number of rotatable bonds is 6.